The highest BCUT2D eigenvalue weighted by molar-refractivity contribution is 7.13. The summed E-state index contributed by atoms with van der Waals surface area (Å²) in [5.41, 5.74) is 6.59. The van der Waals surface area contributed by atoms with Gasteiger partial charge >= 0.3 is 0 Å². The Kier molecular flexibility index (Phi) is 7.06. The molecule has 2 aliphatic heterocycles. The number of fused-ring (bicyclic) bond motifs is 6. The third kappa shape index (κ3) is 5.71. The summed E-state index contributed by atoms with van der Waals surface area (Å²) in [6.07, 6.45) is 5.62. The van der Waals surface area contributed by atoms with E-state index in [2.05, 4.69) is 59.2 Å². The molecule has 2 aromatic heterocycles. The molecular weight excluding hydrogens is 520 g/mol. The van der Waals surface area contributed by atoms with Gasteiger partial charge in [0.2, 0.25) is 17.0 Å². The van der Waals surface area contributed by atoms with Crippen LogP contribution in [-0.4, -0.2) is 39.2 Å². The zero-order chi connectivity index (χ0) is 25.9. The molecule has 6 rings (SSSR count). The molecule has 1 amide bonds. The van der Waals surface area contributed by atoms with Gasteiger partial charge in [-0.3, -0.25) is 4.79 Å². The lowest BCUT2D eigenvalue weighted by Gasteiger charge is -2.31. The fourth-order valence-electron chi connectivity index (χ4n) is 4.96. The average Bonchev–Trinajstić information content (AvgIpc) is 3.46. The fourth-order valence-corrected chi connectivity index (χ4v) is 5.71. The first-order valence-corrected chi connectivity index (χ1v) is 13.9. The Morgan fingerprint density at radius 1 is 1.11 bits per heavy atom. The van der Waals surface area contributed by atoms with Crippen molar-refractivity contribution in [3.05, 3.63) is 70.3 Å². The number of carbonyl (C=O) groups excluding carboxylic acids is 1. The van der Waals surface area contributed by atoms with E-state index in [1.165, 1.54) is 5.56 Å². The Morgan fingerprint density at radius 3 is 2.82 bits per heavy atom. The molecule has 0 atom stereocenters. The number of anilines is 6. The molecule has 1 saturated heterocycles. The number of aryl methyl sites for hydroxylation is 2. The molecule has 0 unspecified atom stereocenters. The van der Waals surface area contributed by atoms with E-state index in [-0.39, 0.29) is 5.91 Å². The van der Waals surface area contributed by atoms with Gasteiger partial charge in [0.25, 0.3) is 0 Å². The Morgan fingerprint density at radius 2 is 1.97 bits per heavy atom. The van der Waals surface area contributed by atoms with Crippen molar-refractivity contribution in [2.24, 2.45) is 5.92 Å². The van der Waals surface area contributed by atoms with E-state index < -0.39 is 0 Å². The Bertz CT molecular complexity index is 1440. The van der Waals surface area contributed by atoms with Gasteiger partial charge in [-0.2, -0.15) is 4.98 Å². The fraction of sp³-hybridized carbons (Fsp3) is 0.296. The predicted molar refractivity (Wildman–Crippen MR) is 152 cm³/mol. The van der Waals surface area contributed by atoms with Crippen molar-refractivity contribution in [2.75, 3.05) is 33.9 Å². The molecule has 0 spiro atoms. The molecule has 2 aromatic carbocycles. The number of nitrogens with zero attached hydrogens (tertiary/aromatic N) is 5. The number of hydrogen-bond acceptors (Lipinski definition) is 9. The first kappa shape index (κ1) is 24.6. The second-order valence-electron chi connectivity index (χ2n) is 9.62. The van der Waals surface area contributed by atoms with Crippen molar-refractivity contribution in [2.45, 2.75) is 32.1 Å². The minimum Gasteiger partial charge on any atom is -0.347 e. The van der Waals surface area contributed by atoms with Gasteiger partial charge < -0.3 is 20.9 Å². The van der Waals surface area contributed by atoms with E-state index in [1.807, 2.05) is 24.3 Å². The zero-order valence-electron chi connectivity index (χ0n) is 20.7. The number of carbonyl (C=O) groups is 1. The lowest BCUT2D eigenvalue weighted by Crippen LogP contribution is -2.34. The summed E-state index contributed by atoms with van der Waals surface area (Å²) < 4.78 is 0. The normalized spacial score (nSPS) is 15.3. The summed E-state index contributed by atoms with van der Waals surface area (Å²) >= 11 is 7.94. The molecule has 11 heteroatoms. The van der Waals surface area contributed by atoms with Gasteiger partial charge in [0.15, 0.2) is 5.82 Å². The first-order valence-electron chi connectivity index (χ1n) is 12.7. The van der Waals surface area contributed by atoms with E-state index in [1.54, 1.807) is 23.0 Å². The molecule has 4 heterocycles. The summed E-state index contributed by atoms with van der Waals surface area (Å²) in [5.74, 6) is 1.39. The maximum Gasteiger partial charge on any atom is 0.229 e. The van der Waals surface area contributed by atoms with Crippen LogP contribution in [0.15, 0.2) is 54.2 Å². The molecule has 9 nitrogen and oxygen atoms in total. The lowest BCUT2D eigenvalue weighted by molar-refractivity contribution is -0.117. The van der Waals surface area contributed by atoms with E-state index in [9.17, 15) is 4.79 Å². The molecule has 194 valence electrons. The standard InChI is InChI=1S/C27H27ClN8OS/c28-22-15-29-26-32-20-3-1-2-17(12-20)4-5-19-14-21(31-25(22)34-26)6-7-23(19)33-24(37)13-18-8-10-36(11-9-18)27-35-30-16-38-27/h1-3,6-7,12,14-16,18H,4-5,8-11,13H2,(H,33,37)(H2,29,31,32,34). The van der Waals surface area contributed by atoms with Gasteiger partial charge in [0, 0.05) is 36.6 Å². The van der Waals surface area contributed by atoms with Crippen molar-refractivity contribution in [3.63, 3.8) is 0 Å². The average molecular weight is 547 g/mol. The smallest absolute Gasteiger partial charge is 0.229 e. The van der Waals surface area contributed by atoms with Gasteiger partial charge in [-0.1, -0.05) is 35.1 Å². The first-order chi connectivity index (χ1) is 18.6. The van der Waals surface area contributed by atoms with E-state index in [0.29, 0.717) is 29.1 Å². The molecule has 0 saturated carbocycles. The number of piperidine rings is 1. The third-order valence-corrected chi connectivity index (χ3v) is 7.99. The van der Waals surface area contributed by atoms with Crippen LogP contribution in [0, 0.1) is 5.92 Å². The van der Waals surface area contributed by atoms with Crippen LogP contribution < -0.4 is 20.9 Å². The lowest BCUT2D eigenvalue weighted by atomic mass is 9.93. The number of halogens is 1. The number of nitrogens with one attached hydrogen (secondary N) is 3. The summed E-state index contributed by atoms with van der Waals surface area (Å²) in [6.45, 7) is 1.81. The van der Waals surface area contributed by atoms with Crippen LogP contribution in [0.2, 0.25) is 5.02 Å². The van der Waals surface area contributed by atoms with Crippen LogP contribution in [0.3, 0.4) is 0 Å². The van der Waals surface area contributed by atoms with Gasteiger partial charge in [-0.25, -0.2) is 4.98 Å². The van der Waals surface area contributed by atoms with Crippen LogP contribution in [0.1, 0.15) is 30.4 Å². The summed E-state index contributed by atoms with van der Waals surface area (Å²) in [6, 6.07) is 14.2. The number of benzene rings is 2. The number of amides is 1. The number of rotatable bonds is 4. The molecule has 4 aromatic rings. The van der Waals surface area contributed by atoms with Crippen molar-refractivity contribution in [1.82, 2.24) is 20.2 Å². The third-order valence-electron chi connectivity index (χ3n) is 6.96. The second-order valence-corrected chi connectivity index (χ2v) is 10.8. The van der Waals surface area contributed by atoms with Gasteiger partial charge in [0.05, 0.1) is 6.20 Å². The highest BCUT2D eigenvalue weighted by Crippen LogP contribution is 2.30. The van der Waals surface area contributed by atoms with Gasteiger partial charge in [0.1, 0.15) is 10.5 Å². The second kappa shape index (κ2) is 10.9. The molecule has 6 bridgehead atoms. The van der Waals surface area contributed by atoms with Crippen LogP contribution in [-0.2, 0) is 17.6 Å². The number of aromatic nitrogens is 4. The van der Waals surface area contributed by atoms with Crippen molar-refractivity contribution in [3.8, 4) is 0 Å². The number of hydrogen-bond donors (Lipinski definition) is 3. The molecule has 0 aliphatic carbocycles. The topological polar surface area (TPSA) is 108 Å². The van der Waals surface area contributed by atoms with Crippen LogP contribution in [0.25, 0.3) is 0 Å². The molecule has 38 heavy (non-hydrogen) atoms. The van der Waals surface area contributed by atoms with E-state index in [0.717, 1.165) is 66.5 Å². The summed E-state index contributed by atoms with van der Waals surface area (Å²) in [4.78, 5) is 24.2. The largest absolute Gasteiger partial charge is 0.347 e. The predicted octanol–water partition coefficient (Wildman–Crippen LogP) is 5.81. The maximum atomic E-state index is 13.1. The molecule has 3 N–H and O–H groups in total. The van der Waals surface area contributed by atoms with E-state index in [4.69, 9.17) is 11.6 Å². The monoisotopic (exact) mass is 546 g/mol. The SMILES string of the molecule is O=C(CC1CCN(c2nncs2)CC1)Nc1ccc2cc1CCc1cccc(c1)Nc1ncc(Cl)c(n1)N2. The Hall–Kier alpha value is -3.76. The minimum absolute atomic E-state index is 0.0499. The molecule has 2 aliphatic rings. The molecule has 0 radical (unpaired) electrons. The van der Waals surface area contributed by atoms with Crippen molar-refractivity contribution >= 4 is 62.8 Å². The quantitative estimate of drug-likeness (QED) is 0.294. The molecular formula is C27H27ClN8OS. The van der Waals surface area contributed by atoms with Crippen LogP contribution >= 0.6 is 22.9 Å². The van der Waals surface area contributed by atoms with Crippen LogP contribution in [0.5, 0.6) is 0 Å². The highest BCUT2D eigenvalue weighted by Gasteiger charge is 2.23. The van der Waals surface area contributed by atoms with Crippen molar-refractivity contribution < 1.29 is 4.79 Å². The Balaban J connectivity index is 1.18. The maximum absolute atomic E-state index is 13.1. The minimum atomic E-state index is 0.0499. The van der Waals surface area contributed by atoms with E-state index >= 15 is 0 Å². The zero-order valence-corrected chi connectivity index (χ0v) is 22.2. The Labute approximate surface area is 229 Å². The molecule has 1 fully saturated rings. The summed E-state index contributed by atoms with van der Waals surface area (Å²) in [7, 11) is 0. The summed E-state index contributed by atoms with van der Waals surface area (Å²) in [5, 5.41) is 19.3. The highest BCUT2D eigenvalue weighted by atomic mass is 35.5. The van der Waals surface area contributed by atoms with Gasteiger partial charge in [-0.15, -0.1) is 10.2 Å². The van der Waals surface area contributed by atoms with Crippen molar-refractivity contribution in [1.29, 1.82) is 0 Å². The van der Waals surface area contributed by atoms with Gasteiger partial charge in [-0.05, 0) is 73.1 Å². The van der Waals surface area contributed by atoms with Crippen LogP contribution in [0.4, 0.5) is 34.0 Å².